The first-order chi connectivity index (χ1) is 9.37. The third-order valence-electron chi connectivity index (χ3n) is 3.55. The van der Waals surface area contributed by atoms with Gasteiger partial charge in [0, 0.05) is 44.5 Å². The van der Waals surface area contributed by atoms with E-state index in [9.17, 15) is 10.2 Å². The lowest BCUT2D eigenvalue weighted by Crippen LogP contribution is -2.50. The molecular formula is C15H25N3O2. The van der Waals surface area contributed by atoms with Gasteiger partial charge in [-0.3, -0.25) is 4.90 Å². The van der Waals surface area contributed by atoms with Gasteiger partial charge in [-0.05, 0) is 26.8 Å². The van der Waals surface area contributed by atoms with E-state index in [0.29, 0.717) is 6.54 Å². The summed E-state index contributed by atoms with van der Waals surface area (Å²) in [5, 5.41) is 19.7. The van der Waals surface area contributed by atoms with E-state index in [2.05, 4.69) is 14.8 Å². The zero-order chi connectivity index (χ0) is 14.8. The number of rotatable bonds is 4. The summed E-state index contributed by atoms with van der Waals surface area (Å²) in [4.78, 5) is 8.90. The maximum Gasteiger partial charge on any atom is 0.134 e. The summed E-state index contributed by atoms with van der Waals surface area (Å²) in [5.41, 5.74) is 0.223. The molecule has 5 heteroatoms. The van der Waals surface area contributed by atoms with Crippen LogP contribution in [-0.2, 0) is 0 Å². The first-order valence-electron chi connectivity index (χ1n) is 7.19. The largest absolute Gasteiger partial charge is 0.389 e. The highest BCUT2D eigenvalue weighted by Gasteiger charge is 2.24. The van der Waals surface area contributed by atoms with Crippen molar-refractivity contribution in [1.29, 1.82) is 0 Å². The normalized spacial score (nSPS) is 19.1. The van der Waals surface area contributed by atoms with Crippen LogP contribution in [0, 0.1) is 0 Å². The molecule has 2 heterocycles. The summed E-state index contributed by atoms with van der Waals surface area (Å²) >= 11 is 0. The molecule has 5 nitrogen and oxygen atoms in total. The third-order valence-corrected chi connectivity index (χ3v) is 3.55. The monoisotopic (exact) mass is 279 g/mol. The Hall–Kier alpha value is -1.17. The van der Waals surface area contributed by atoms with Crippen molar-refractivity contribution in [2.24, 2.45) is 0 Å². The predicted molar refractivity (Wildman–Crippen MR) is 79.8 cm³/mol. The molecule has 2 N–H and O–H groups in total. The van der Waals surface area contributed by atoms with Crippen LogP contribution in [0.5, 0.6) is 0 Å². The lowest BCUT2D eigenvalue weighted by Gasteiger charge is -2.38. The number of hydrogen-bond donors (Lipinski definition) is 2. The molecule has 0 aliphatic carbocycles. The first kappa shape index (κ1) is 15.2. The fourth-order valence-corrected chi connectivity index (χ4v) is 2.66. The number of anilines is 1. The van der Waals surface area contributed by atoms with E-state index in [-0.39, 0.29) is 0 Å². The highest BCUT2D eigenvalue weighted by atomic mass is 16.3. The molecule has 0 aromatic carbocycles. The first-order valence-corrected chi connectivity index (χ1v) is 7.19. The average Bonchev–Trinajstić information content (AvgIpc) is 2.38. The predicted octanol–water partition coefficient (Wildman–Crippen LogP) is 1.03. The average molecular weight is 279 g/mol. The molecule has 1 aliphatic rings. The van der Waals surface area contributed by atoms with Gasteiger partial charge in [0.15, 0.2) is 0 Å². The molecule has 112 valence electrons. The molecule has 1 aromatic heterocycles. The van der Waals surface area contributed by atoms with Gasteiger partial charge in [-0.15, -0.1) is 0 Å². The van der Waals surface area contributed by atoms with E-state index >= 15 is 0 Å². The minimum Gasteiger partial charge on any atom is -0.389 e. The standard InChI is InChI=1S/C15H25N3O2/c1-12(19)13-5-4-6-16-14(13)18-9-7-17(8-10-18)11-15(2,3)20/h4-6,12,19-20H,7-11H2,1-3H3/t12-/m1/s1. The van der Waals surface area contributed by atoms with Gasteiger partial charge in [0.2, 0.25) is 0 Å². The second-order valence-corrected chi connectivity index (χ2v) is 6.17. The van der Waals surface area contributed by atoms with Crippen molar-refractivity contribution in [2.45, 2.75) is 32.5 Å². The van der Waals surface area contributed by atoms with E-state index < -0.39 is 11.7 Å². The van der Waals surface area contributed by atoms with Gasteiger partial charge in [0.05, 0.1) is 11.7 Å². The fraction of sp³-hybridized carbons (Fsp3) is 0.667. The smallest absolute Gasteiger partial charge is 0.134 e. The van der Waals surface area contributed by atoms with Crippen molar-refractivity contribution in [3.8, 4) is 0 Å². The third kappa shape index (κ3) is 3.91. The van der Waals surface area contributed by atoms with Crippen molar-refractivity contribution in [2.75, 3.05) is 37.6 Å². The zero-order valence-electron chi connectivity index (χ0n) is 12.6. The van der Waals surface area contributed by atoms with Crippen molar-refractivity contribution in [1.82, 2.24) is 9.88 Å². The van der Waals surface area contributed by atoms with Crippen molar-refractivity contribution in [3.63, 3.8) is 0 Å². The zero-order valence-corrected chi connectivity index (χ0v) is 12.6. The Labute approximate surface area is 120 Å². The molecule has 0 spiro atoms. The Morgan fingerprint density at radius 2 is 1.95 bits per heavy atom. The summed E-state index contributed by atoms with van der Waals surface area (Å²) < 4.78 is 0. The molecule has 0 bridgehead atoms. The van der Waals surface area contributed by atoms with E-state index in [1.807, 2.05) is 26.0 Å². The van der Waals surface area contributed by atoms with Crippen LogP contribution in [0.25, 0.3) is 0 Å². The molecule has 1 aliphatic heterocycles. The Kier molecular flexibility index (Phi) is 4.62. The number of nitrogens with zero attached hydrogens (tertiary/aromatic N) is 3. The van der Waals surface area contributed by atoms with Gasteiger partial charge in [-0.2, -0.15) is 0 Å². The molecule has 0 amide bonds. The van der Waals surface area contributed by atoms with Crippen LogP contribution in [0.1, 0.15) is 32.4 Å². The number of pyridine rings is 1. The Bertz CT molecular complexity index is 435. The van der Waals surface area contributed by atoms with Gasteiger partial charge in [-0.1, -0.05) is 6.07 Å². The van der Waals surface area contributed by atoms with Crippen LogP contribution >= 0.6 is 0 Å². The number of aliphatic hydroxyl groups is 2. The van der Waals surface area contributed by atoms with Crippen molar-refractivity contribution >= 4 is 5.82 Å². The molecule has 1 fully saturated rings. The Morgan fingerprint density at radius 3 is 2.50 bits per heavy atom. The maximum atomic E-state index is 9.87. The minimum absolute atomic E-state index is 0.506. The van der Waals surface area contributed by atoms with Crippen molar-refractivity contribution in [3.05, 3.63) is 23.9 Å². The maximum absolute atomic E-state index is 9.87. The van der Waals surface area contributed by atoms with Crippen LogP contribution in [0.2, 0.25) is 0 Å². The molecule has 1 saturated heterocycles. The molecule has 1 aromatic rings. The summed E-state index contributed by atoms with van der Waals surface area (Å²) in [7, 11) is 0. The van der Waals surface area contributed by atoms with Crippen LogP contribution in [0.15, 0.2) is 18.3 Å². The molecular weight excluding hydrogens is 254 g/mol. The van der Waals surface area contributed by atoms with Crippen LogP contribution in [0.4, 0.5) is 5.82 Å². The van der Waals surface area contributed by atoms with Gasteiger partial charge in [0.25, 0.3) is 0 Å². The summed E-state index contributed by atoms with van der Waals surface area (Å²) in [6, 6.07) is 3.78. The van der Waals surface area contributed by atoms with E-state index in [0.717, 1.165) is 37.6 Å². The Balaban J connectivity index is 2.01. The summed E-state index contributed by atoms with van der Waals surface area (Å²) in [6.45, 7) is 9.67. The number of aromatic nitrogens is 1. The van der Waals surface area contributed by atoms with Gasteiger partial charge >= 0.3 is 0 Å². The number of β-amino-alcohol motifs (C(OH)–C–C–N with tert-alkyl or cyclic N) is 1. The lowest BCUT2D eigenvalue weighted by atomic mass is 10.1. The number of aliphatic hydroxyl groups excluding tert-OH is 1. The van der Waals surface area contributed by atoms with Gasteiger partial charge < -0.3 is 15.1 Å². The molecule has 1 atom stereocenters. The summed E-state index contributed by atoms with van der Waals surface area (Å²) in [6.07, 6.45) is 1.26. The Morgan fingerprint density at radius 1 is 1.30 bits per heavy atom. The molecule has 0 saturated carbocycles. The molecule has 0 unspecified atom stereocenters. The van der Waals surface area contributed by atoms with Gasteiger partial charge in [-0.25, -0.2) is 4.98 Å². The van der Waals surface area contributed by atoms with E-state index in [1.54, 1.807) is 13.1 Å². The lowest BCUT2D eigenvalue weighted by molar-refractivity contribution is 0.0344. The molecule has 0 radical (unpaired) electrons. The van der Waals surface area contributed by atoms with E-state index in [4.69, 9.17) is 0 Å². The number of piperazine rings is 1. The summed E-state index contributed by atoms with van der Waals surface area (Å²) in [5.74, 6) is 0.880. The second-order valence-electron chi connectivity index (χ2n) is 6.17. The topological polar surface area (TPSA) is 59.8 Å². The van der Waals surface area contributed by atoms with Crippen LogP contribution in [0.3, 0.4) is 0 Å². The fourth-order valence-electron chi connectivity index (χ4n) is 2.66. The quantitative estimate of drug-likeness (QED) is 0.862. The van der Waals surface area contributed by atoms with Crippen molar-refractivity contribution < 1.29 is 10.2 Å². The molecule has 2 rings (SSSR count). The van der Waals surface area contributed by atoms with Crippen LogP contribution in [-0.4, -0.2) is 58.4 Å². The number of hydrogen-bond acceptors (Lipinski definition) is 5. The highest BCUT2D eigenvalue weighted by molar-refractivity contribution is 5.48. The SMILES string of the molecule is C[C@@H](O)c1cccnc1N1CCN(CC(C)(C)O)CC1. The highest BCUT2D eigenvalue weighted by Crippen LogP contribution is 2.24. The van der Waals surface area contributed by atoms with Crippen LogP contribution < -0.4 is 4.90 Å². The minimum atomic E-state index is -0.655. The molecule has 20 heavy (non-hydrogen) atoms. The second kappa shape index (κ2) is 6.08. The van der Waals surface area contributed by atoms with E-state index in [1.165, 1.54) is 0 Å². The van der Waals surface area contributed by atoms with Gasteiger partial charge in [0.1, 0.15) is 5.82 Å².